The van der Waals surface area contributed by atoms with Crippen molar-refractivity contribution in [1.29, 1.82) is 0 Å². The molecular weight excluding hydrogens is 378 g/mol. The molecule has 0 unspecified atom stereocenters. The fourth-order valence-electron chi connectivity index (χ4n) is 2.71. The molecule has 1 saturated heterocycles. The quantitative estimate of drug-likeness (QED) is 0.185. The third-order valence-electron chi connectivity index (χ3n) is 4.55. The second kappa shape index (κ2) is 28.3. The van der Waals surface area contributed by atoms with Crippen LogP contribution >= 0.6 is 0 Å². The van der Waals surface area contributed by atoms with Crippen LogP contribution in [0.25, 0.3) is 0 Å². The first-order valence-corrected chi connectivity index (χ1v) is 12.3. The van der Waals surface area contributed by atoms with Crippen molar-refractivity contribution in [2.75, 3.05) is 19.6 Å². The standard InChI is InChI=1S/C13H20O.C8H14.C6H13N.C2H6/c1-5-13(10-9-11(2)3)8-6-7-12(4)14;1-3-5-7-8-6-4-2;1-2-7-5-3-4-6-7;1-2/h5,9-10H,1,6-8H2,2-4H3;3-4,6H,1,5,7-8H2,2H3;2-6H2,1H3;1-2H3/b13-10+;6-4-;;. The SMILES string of the molecule is C=C/C(=C\C=C(C)C)CCCC(C)=O.C=CCCC/C=C\C.CC.CCN1CCCC1. The molecule has 1 aliphatic heterocycles. The lowest BCUT2D eigenvalue weighted by Crippen LogP contribution is -2.17. The number of allylic oxidation sites excluding steroid dienone is 8. The van der Waals surface area contributed by atoms with Gasteiger partial charge in [0.1, 0.15) is 5.78 Å². The summed E-state index contributed by atoms with van der Waals surface area (Å²) < 4.78 is 0. The highest BCUT2D eigenvalue weighted by Gasteiger charge is 2.06. The van der Waals surface area contributed by atoms with Gasteiger partial charge < -0.3 is 9.69 Å². The van der Waals surface area contributed by atoms with Crippen LogP contribution in [0.4, 0.5) is 0 Å². The summed E-state index contributed by atoms with van der Waals surface area (Å²) in [5, 5.41) is 0. The Labute approximate surface area is 195 Å². The molecule has 0 atom stereocenters. The summed E-state index contributed by atoms with van der Waals surface area (Å²) in [6.45, 7) is 25.4. The average molecular weight is 432 g/mol. The molecule has 31 heavy (non-hydrogen) atoms. The van der Waals surface area contributed by atoms with Crippen molar-refractivity contribution in [2.45, 2.75) is 99.8 Å². The van der Waals surface area contributed by atoms with Crippen molar-refractivity contribution >= 4 is 5.78 Å². The van der Waals surface area contributed by atoms with Gasteiger partial charge in [-0.1, -0.05) is 69.4 Å². The Morgan fingerprint density at radius 3 is 1.94 bits per heavy atom. The zero-order valence-corrected chi connectivity index (χ0v) is 22.0. The van der Waals surface area contributed by atoms with Crippen LogP contribution in [-0.4, -0.2) is 30.3 Å². The average Bonchev–Trinajstić information content (AvgIpc) is 3.30. The first-order chi connectivity index (χ1) is 14.9. The van der Waals surface area contributed by atoms with E-state index in [9.17, 15) is 4.79 Å². The van der Waals surface area contributed by atoms with Crippen molar-refractivity contribution in [2.24, 2.45) is 0 Å². The molecule has 1 rings (SSSR count). The maximum Gasteiger partial charge on any atom is 0.129 e. The summed E-state index contributed by atoms with van der Waals surface area (Å²) >= 11 is 0. The highest BCUT2D eigenvalue weighted by molar-refractivity contribution is 5.75. The van der Waals surface area contributed by atoms with Crippen LogP contribution < -0.4 is 0 Å². The summed E-state index contributed by atoms with van der Waals surface area (Å²) in [7, 11) is 0. The van der Waals surface area contributed by atoms with E-state index in [4.69, 9.17) is 0 Å². The van der Waals surface area contributed by atoms with Gasteiger partial charge in [-0.2, -0.15) is 0 Å². The number of ketones is 1. The summed E-state index contributed by atoms with van der Waals surface area (Å²) in [5.74, 6) is 0.260. The van der Waals surface area contributed by atoms with Crippen LogP contribution in [-0.2, 0) is 4.79 Å². The monoisotopic (exact) mass is 431 g/mol. The molecule has 2 heteroatoms. The van der Waals surface area contributed by atoms with Crippen LogP contribution in [0.15, 0.2) is 60.8 Å². The van der Waals surface area contributed by atoms with Crippen molar-refractivity contribution in [3.8, 4) is 0 Å². The van der Waals surface area contributed by atoms with Gasteiger partial charge in [0, 0.05) is 6.42 Å². The Bertz CT molecular complexity index is 501. The van der Waals surface area contributed by atoms with E-state index in [2.05, 4.69) is 63.1 Å². The van der Waals surface area contributed by atoms with Gasteiger partial charge in [-0.15, -0.1) is 6.58 Å². The molecule has 0 radical (unpaired) electrons. The van der Waals surface area contributed by atoms with Gasteiger partial charge in [-0.25, -0.2) is 0 Å². The number of nitrogens with zero attached hydrogens (tertiary/aromatic N) is 1. The minimum Gasteiger partial charge on any atom is -0.304 e. The fourth-order valence-corrected chi connectivity index (χ4v) is 2.71. The molecule has 0 bridgehead atoms. The normalized spacial score (nSPS) is 13.1. The van der Waals surface area contributed by atoms with E-state index < -0.39 is 0 Å². The highest BCUT2D eigenvalue weighted by atomic mass is 16.1. The molecule has 1 fully saturated rings. The van der Waals surface area contributed by atoms with Gasteiger partial charge in [0.25, 0.3) is 0 Å². The summed E-state index contributed by atoms with van der Waals surface area (Å²) in [5.41, 5.74) is 2.48. The smallest absolute Gasteiger partial charge is 0.129 e. The summed E-state index contributed by atoms with van der Waals surface area (Å²) in [6, 6.07) is 0. The molecule has 0 N–H and O–H groups in total. The maximum atomic E-state index is 10.7. The summed E-state index contributed by atoms with van der Waals surface area (Å²) in [4.78, 5) is 13.2. The fraction of sp³-hybridized carbons (Fsp3) is 0.621. The van der Waals surface area contributed by atoms with Gasteiger partial charge in [-0.05, 0) is 97.8 Å². The van der Waals surface area contributed by atoms with E-state index in [1.54, 1.807) is 6.92 Å². The van der Waals surface area contributed by atoms with Crippen molar-refractivity contribution in [3.63, 3.8) is 0 Å². The van der Waals surface area contributed by atoms with Gasteiger partial charge in [0.15, 0.2) is 0 Å². The number of likely N-dealkylation sites (tertiary alicyclic amines) is 1. The summed E-state index contributed by atoms with van der Waals surface area (Å²) in [6.07, 6.45) is 21.2. The number of rotatable bonds is 11. The van der Waals surface area contributed by atoms with Crippen LogP contribution in [0.2, 0.25) is 0 Å². The highest BCUT2D eigenvalue weighted by Crippen LogP contribution is 2.09. The largest absolute Gasteiger partial charge is 0.304 e. The van der Waals surface area contributed by atoms with E-state index in [0.717, 1.165) is 19.3 Å². The topological polar surface area (TPSA) is 20.3 Å². The van der Waals surface area contributed by atoms with Crippen LogP contribution in [0.3, 0.4) is 0 Å². The minimum atomic E-state index is 0.260. The van der Waals surface area contributed by atoms with Crippen LogP contribution in [0.1, 0.15) is 99.8 Å². The Balaban J connectivity index is -0.000000391. The molecule has 0 aromatic carbocycles. The van der Waals surface area contributed by atoms with E-state index in [0.29, 0.717) is 6.42 Å². The minimum absolute atomic E-state index is 0.260. The van der Waals surface area contributed by atoms with Crippen molar-refractivity contribution < 1.29 is 4.79 Å². The number of carbonyl (C=O) groups excluding carboxylic acids is 1. The Morgan fingerprint density at radius 1 is 0.935 bits per heavy atom. The maximum absolute atomic E-state index is 10.7. The second-order valence-electron chi connectivity index (χ2n) is 7.68. The molecule has 0 spiro atoms. The van der Waals surface area contributed by atoms with Crippen molar-refractivity contribution in [1.82, 2.24) is 4.90 Å². The third-order valence-corrected chi connectivity index (χ3v) is 4.55. The first-order valence-electron chi connectivity index (χ1n) is 12.3. The Morgan fingerprint density at radius 2 is 1.55 bits per heavy atom. The van der Waals surface area contributed by atoms with Gasteiger partial charge in [-0.3, -0.25) is 0 Å². The van der Waals surface area contributed by atoms with E-state index in [1.165, 1.54) is 56.5 Å². The van der Waals surface area contributed by atoms with Gasteiger partial charge in [0.05, 0.1) is 0 Å². The van der Waals surface area contributed by atoms with Crippen LogP contribution in [0, 0.1) is 0 Å². The van der Waals surface area contributed by atoms with E-state index in [1.807, 2.05) is 32.9 Å². The zero-order chi connectivity index (χ0) is 24.3. The van der Waals surface area contributed by atoms with E-state index in [-0.39, 0.29) is 5.78 Å². The second-order valence-corrected chi connectivity index (χ2v) is 7.68. The number of carbonyl (C=O) groups is 1. The lowest BCUT2D eigenvalue weighted by molar-refractivity contribution is -0.117. The lowest BCUT2D eigenvalue weighted by Gasteiger charge is -2.08. The van der Waals surface area contributed by atoms with Crippen molar-refractivity contribution in [3.05, 3.63) is 60.8 Å². The number of Topliss-reactive ketones (excluding diaryl/α,β-unsaturated/α-hetero) is 1. The number of hydrogen-bond acceptors (Lipinski definition) is 2. The van der Waals surface area contributed by atoms with Gasteiger partial charge in [0.2, 0.25) is 0 Å². The Kier molecular flexibility index (Phi) is 31.0. The molecule has 180 valence electrons. The molecule has 0 aliphatic carbocycles. The molecule has 0 aromatic rings. The lowest BCUT2D eigenvalue weighted by atomic mass is 10.1. The van der Waals surface area contributed by atoms with E-state index >= 15 is 0 Å². The predicted octanol–water partition coefficient (Wildman–Crippen LogP) is 8.87. The molecule has 1 aliphatic rings. The molecule has 0 saturated carbocycles. The predicted molar refractivity (Wildman–Crippen MR) is 144 cm³/mol. The molecule has 1 heterocycles. The third kappa shape index (κ3) is 30.6. The van der Waals surface area contributed by atoms with Gasteiger partial charge >= 0.3 is 0 Å². The zero-order valence-electron chi connectivity index (χ0n) is 22.0. The Hall–Kier alpha value is -1.67. The molecule has 0 aromatic heterocycles. The van der Waals surface area contributed by atoms with Crippen LogP contribution in [0.5, 0.6) is 0 Å². The molecule has 0 amide bonds. The number of hydrogen-bond donors (Lipinski definition) is 0. The number of unbranched alkanes of at least 4 members (excludes halogenated alkanes) is 2. The first kappa shape index (κ1) is 34.0. The molecular formula is C29H53NO. The molecule has 2 nitrogen and oxygen atoms in total.